The molecule has 0 bridgehead atoms. The number of ether oxygens (including phenoxy) is 1. The maximum atomic E-state index is 12.2. The minimum atomic E-state index is -1.08. The summed E-state index contributed by atoms with van der Waals surface area (Å²) < 4.78 is 7.53. The summed E-state index contributed by atoms with van der Waals surface area (Å²) >= 11 is 2.94. The zero-order valence-electron chi connectivity index (χ0n) is 12.3. The van der Waals surface area contributed by atoms with Gasteiger partial charge in [-0.15, -0.1) is 11.8 Å². The Hall–Kier alpha value is -2.10. The monoisotopic (exact) mass is 361 g/mol. The van der Waals surface area contributed by atoms with Gasteiger partial charge in [-0.25, -0.2) is 9.78 Å². The Bertz CT molecular complexity index is 971. The number of amides is 1. The molecule has 5 heterocycles. The fourth-order valence-corrected chi connectivity index (χ4v) is 5.36. The fraction of sp³-hybridized carbons (Fsp3) is 0.267. The average Bonchev–Trinajstić information content (AvgIpc) is 3.22. The molecular formula is C15H11N3O4S2. The Morgan fingerprint density at radius 2 is 2.38 bits per heavy atom. The van der Waals surface area contributed by atoms with E-state index in [9.17, 15) is 9.59 Å². The quantitative estimate of drug-likeness (QED) is 0.647. The minimum Gasteiger partial charge on any atom is -0.477 e. The van der Waals surface area contributed by atoms with E-state index in [1.807, 2.05) is 6.20 Å². The number of hydrogen-bond donors (Lipinski definition) is 1. The van der Waals surface area contributed by atoms with Crippen LogP contribution in [0.3, 0.4) is 0 Å². The molecule has 0 saturated carbocycles. The molecule has 1 fully saturated rings. The van der Waals surface area contributed by atoms with Gasteiger partial charge in [0, 0.05) is 23.7 Å². The van der Waals surface area contributed by atoms with Crippen LogP contribution in [0.1, 0.15) is 16.3 Å². The summed E-state index contributed by atoms with van der Waals surface area (Å²) in [6, 6.07) is 0. The van der Waals surface area contributed by atoms with E-state index in [1.165, 1.54) is 32.6 Å². The maximum absolute atomic E-state index is 12.2. The maximum Gasteiger partial charge on any atom is 0.353 e. The molecule has 122 valence electrons. The highest BCUT2D eigenvalue weighted by Crippen LogP contribution is 2.45. The number of carboxylic acid groups (broad SMARTS) is 1. The Kier molecular flexibility index (Phi) is 2.94. The lowest BCUT2D eigenvalue weighted by atomic mass is 10.0. The van der Waals surface area contributed by atoms with Crippen molar-refractivity contribution >= 4 is 46.0 Å². The van der Waals surface area contributed by atoms with Gasteiger partial charge in [0.05, 0.1) is 29.4 Å². The molecule has 0 radical (unpaired) electrons. The number of aliphatic carboxylic acids is 1. The third-order valence-electron chi connectivity index (χ3n) is 4.29. The first-order valence-corrected chi connectivity index (χ1v) is 9.11. The number of fused-ring (bicyclic) bond motifs is 4. The fourth-order valence-electron chi connectivity index (χ4n) is 3.15. The highest BCUT2D eigenvalue weighted by atomic mass is 32.2. The van der Waals surface area contributed by atoms with Crippen molar-refractivity contribution in [1.29, 1.82) is 0 Å². The molecule has 0 aliphatic carbocycles. The third-order valence-corrected chi connectivity index (χ3v) is 6.44. The van der Waals surface area contributed by atoms with Crippen LogP contribution in [0, 0.1) is 0 Å². The number of imidazole rings is 1. The standard InChI is InChI=1S/C15H11N3O4S2/c19-12-8(13-18(12)10(6-23-13)14(20)21)3-7-4-17-9-1-2-22-5-11(9)24-15(17)16-7/h3-4,6,13H,1-2,5H2,(H,20,21)/b8-3-. The van der Waals surface area contributed by atoms with E-state index in [0.29, 0.717) is 18.8 Å². The number of carboxylic acids is 1. The average molecular weight is 361 g/mol. The van der Waals surface area contributed by atoms with Crippen molar-refractivity contribution in [2.24, 2.45) is 0 Å². The van der Waals surface area contributed by atoms with E-state index in [2.05, 4.69) is 9.38 Å². The van der Waals surface area contributed by atoms with Gasteiger partial charge in [-0.2, -0.15) is 0 Å². The van der Waals surface area contributed by atoms with Gasteiger partial charge in [-0.1, -0.05) is 11.3 Å². The number of β-lactam (4-membered cyclic amide) rings is 1. The van der Waals surface area contributed by atoms with E-state index in [0.717, 1.165) is 17.1 Å². The molecule has 3 aliphatic heterocycles. The summed E-state index contributed by atoms with van der Waals surface area (Å²) in [5.74, 6) is -1.33. The molecule has 1 N–H and O–H groups in total. The van der Waals surface area contributed by atoms with Gasteiger partial charge in [0.1, 0.15) is 11.1 Å². The van der Waals surface area contributed by atoms with Crippen LogP contribution in [0.4, 0.5) is 0 Å². The Morgan fingerprint density at radius 3 is 3.21 bits per heavy atom. The van der Waals surface area contributed by atoms with Crippen LogP contribution in [0.5, 0.6) is 0 Å². The summed E-state index contributed by atoms with van der Waals surface area (Å²) in [6.07, 6.45) is 4.56. The Morgan fingerprint density at radius 1 is 1.50 bits per heavy atom. The summed E-state index contributed by atoms with van der Waals surface area (Å²) in [4.78, 5) is 31.3. The highest BCUT2D eigenvalue weighted by Gasteiger charge is 2.49. The van der Waals surface area contributed by atoms with Gasteiger partial charge < -0.3 is 9.84 Å². The van der Waals surface area contributed by atoms with Crippen molar-refractivity contribution in [1.82, 2.24) is 14.3 Å². The predicted octanol–water partition coefficient (Wildman–Crippen LogP) is 1.69. The van der Waals surface area contributed by atoms with Crippen LogP contribution in [0.2, 0.25) is 0 Å². The van der Waals surface area contributed by atoms with Gasteiger partial charge in [0.2, 0.25) is 0 Å². The van der Waals surface area contributed by atoms with Crippen molar-refractivity contribution in [2.75, 3.05) is 6.61 Å². The Balaban J connectivity index is 1.47. The predicted molar refractivity (Wildman–Crippen MR) is 88.3 cm³/mol. The second kappa shape index (κ2) is 4.95. The van der Waals surface area contributed by atoms with Gasteiger partial charge in [0.25, 0.3) is 5.91 Å². The minimum absolute atomic E-state index is 0.0482. The molecule has 3 aliphatic rings. The van der Waals surface area contributed by atoms with Gasteiger partial charge in [-0.3, -0.25) is 14.1 Å². The van der Waals surface area contributed by atoms with Crippen LogP contribution in [0.25, 0.3) is 11.0 Å². The largest absolute Gasteiger partial charge is 0.477 e. The van der Waals surface area contributed by atoms with Crippen molar-refractivity contribution in [3.63, 3.8) is 0 Å². The van der Waals surface area contributed by atoms with E-state index in [4.69, 9.17) is 9.84 Å². The van der Waals surface area contributed by atoms with Crippen molar-refractivity contribution in [3.05, 3.63) is 39.1 Å². The number of carbonyl (C=O) groups is 2. The second-order valence-corrected chi connectivity index (χ2v) is 7.68. The number of thiazole rings is 1. The molecule has 0 aromatic carbocycles. The van der Waals surface area contributed by atoms with Crippen LogP contribution in [-0.4, -0.2) is 43.2 Å². The zero-order chi connectivity index (χ0) is 16.4. The molecule has 1 atom stereocenters. The van der Waals surface area contributed by atoms with Crippen molar-refractivity contribution < 1.29 is 19.4 Å². The molecule has 5 rings (SSSR count). The van der Waals surface area contributed by atoms with E-state index in [1.54, 1.807) is 17.4 Å². The first-order chi connectivity index (χ1) is 11.6. The summed E-state index contributed by atoms with van der Waals surface area (Å²) in [5.41, 5.74) is 2.59. The summed E-state index contributed by atoms with van der Waals surface area (Å²) in [7, 11) is 0. The highest BCUT2D eigenvalue weighted by molar-refractivity contribution is 8.03. The van der Waals surface area contributed by atoms with Gasteiger partial charge in [-0.05, 0) is 6.08 Å². The van der Waals surface area contributed by atoms with E-state index >= 15 is 0 Å². The SMILES string of the molecule is O=C(O)C1=CSC2/C(=C\c3cn4c5c(sc4n3)COCC5)C(=O)N12. The molecule has 9 heteroatoms. The molecule has 24 heavy (non-hydrogen) atoms. The number of rotatable bonds is 2. The Labute approximate surface area is 144 Å². The number of nitrogens with zero attached hydrogens (tertiary/aromatic N) is 3. The normalized spacial score (nSPS) is 24.1. The van der Waals surface area contributed by atoms with Crippen molar-refractivity contribution in [3.8, 4) is 0 Å². The topological polar surface area (TPSA) is 84.1 Å². The molecule has 1 unspecified atom stereocenters. The first kappa shape index (κ1) is 14.3. The zero-order valence-corrected chi connectivity index (χ0v) is 13.9. The smallest absolute Gasteiger partial charge is 0.353 e. The van der Waals surface area contributed by atoms with Gasteiger partial charge in [0.15, 0.2) is 4.96 Å². The van der Waals surface area contributed by atoms with Crippen LogP contribution in [-0.2, 0) is 27.4 Å². The van der Waals surface area contributed by atoms with E-state index in [-0.39, 0.29) is 17.0 Å². The van der Waals surface area contributed by atoms with Gasteiger partial charge >= 0.3 is 5.97 Å². The number of hydrogen-bond acceptors (Lipinski definition) is 6. The third kappa shape index (κ3) is 1.86. The number of thioether (sulfide) groups is 1. The van der Waals surface area contributed by atoms with Crippen LogP contribution in [0.15, 0.2) is 22.9 Å². The van der Waals surface area contributed by atoms with Crippen LogP contribution >= 0.6 is 23.1 Å². The number of carbonyl (C=O) groups excluding carboxylic acids is 1. The molecular weight excluding hydrogens is 350 g/mol. The molecule has 1 amide bonds. The molecule has 2 aromatic rings. The molecule has 2 aromatic heterocycles. The molecule has 0 spiro atoms. The molecule has 7 nitrogen and oxygen atoms in total. The van der Waals surface area contributed by atoms with E-state index < -0.39 is 5.97 Å². The lowest BCUT2D eigenvalue weighted by molar-refractivity contribution is -0.141. The lowest BCUT2D eigenvalue weighted by Crippen LogP contribution is -2.51. The van der Waals surface area contributed by atoms with Crippen molar-refractivity contribution in [2.45, 2.75) is 18.4 Å². The van der Waals surface area contributed by atoms with Crippen LogP contribution < -0.4 is 0 Å². The molecule has 1 saturated heterocycles. The lowest BCUT2D eigenvalue weighted by Gasteiger charge is -2.36. The second-order valence-electron chi connectivity index (χ2n) is 5.66. The summed E-state index contributed by atoms with van der Waals surface area (Å²) in [5, 5.41) is 10.4. The summed E-state index contributed by atoms with van der Waals surface area (Å²) in [6.45, 7) is 1.35. The number of aromatic nitrogens is 2. The first-order valence-electron chi connectivity index (χ1n) is 7.35.